The number of hydrogen-bond donors (Lipinski definition) is 3. The lowest BCUT2D eigenvalue weighted by Gasteiger charge is -2.13. The zero-order valence-electron chi connectivity index (χ0n) is 18.1. The van der Waals surface area contributed by atoms with E-state index in [-0.39, 0.29) is 48.3 Å². The van der Waals surface area contributed by atoms with Crippen LogP contribution in [0, 0.1) is 11.6 Å². The number of hydrogen-bond acceptors (Lipinski definition) is 6. The molecule has 0 aliphatic heterocycles. The van der Waals surface area contributed by atoms with Crippen molar-refractivity contribution in [2.45, 2.75) is 19.3 Å². The van der Waals surface area contributed by atoms with Crippen LogP contribution in [0.1, 0.15) is 16.7 Å². The third-order valence-electron chi connectivity index (χ3n) is 4.81. The molecule has 0 amide bonds. The lowest BCUT2D eigenvalue weighted by atomic mass is 10.2. The molecule has 1 aromatic heterocycles. The Kier molecular flexibility index (Phi) is 7.04. The maximum absolute atomic E-state index is 13.2. The summed E-state index contributed by atoms with van der Waals surface area (Å²) in [6.07, 6.45) is -4.50. The lowest BCUT2D eigenvalue weighted by Crippen LogP contribution is -2.11. The van der Waals surface area contributed by atoms with Gasteiger partial charge in [-0.15, -0.1) is 0 Å². The van der Waals surface area contributed by atoms with Gasteiger partial charge >= 0.3 is 6.18 Å². The van der Waals surface area contributed by atoms with Crippen LogP contribution < -0.4 is 16.0 Å². The van der Waals surface area contributed by atoms with Crippen LogP contribution in [0.4, 0.5) is 45.5 Å². The van der Waals surface area contributed by atoms with Crippen molar-refractivity contribution < 1.29 is 22.0 Å². The third kappa shape index (κ3) is 6.85. The van der Waals surface area contributed by atoms with Gasteiger partial charge in [0.15, 0.2) is 0 Å². The van der Waals surface area contributed by atoms with Gasteiger partial charge in [-0.1, -0.05) is 30.3 Å². The molecule has 3 N–H and O–H groups in total. The Morgan fingerprint density at radius 3 is 1.60 bits per heavy atom. The zero-order chi connectivity index (χ0) is 24.8. The van der Waals surface area contributed by atoms with Gasteiger partial charge in [-0.05, 0) is 53.6 Å². The molecule has 35 heavy (non-hydrogen) atoms. The molecule has 11 heteroatoms. The Hall–Kier alpha value is -4.28. The van der Waals surface area contributed by atoms with Gasteiger partial charge < -0.3 is 16.0 Å². The van der Waals surface area contributed by atoms with E-state index in [1.54, 1.807) is 24.3 Å². The van der Waals surface area contributed by atoms with Crippen molar-refractivity contribution in [1.29, 1.82) is 0 Å². The summed E-state index contributed by atoms with van der Waals surface area (Å²) >= 11 is 0. The van der Waals surface area contributed by atoms with Crippen molar-refractivity contribution in [3.63, 3.8) is 0 Å². The summed E-state index contributed by atoms with van der Waals surface area (Å²) < 4.78 is 65.5. The predicted octanol–water partition coefficient (Wildman–Crippen LogP) is 6.14. The SMILES string of the molecule is Fc1ccc(CNc2nc(NCc3ccc(F)cc3)nc(Nc3cccc(C(F)(F)F)c3)n2)cc1. The van der Waals surface area contributed by atoms with E-state index < -0.39 is 11.7 Å². The first-order valence-electron chi connectivity index (χ1n) is 10.4. The molecule has 0 fully saturated rings. The minimum Gasteiger partial charge on any atom is -0.350 e. The van der Waals surface area contributed by atoms with Crippen LogP contribution in [-0.2, 0) is 19.3 Å². The molecule has 4 aromatic rings. The van der Waals surface area contributed by atoms with Gasteiger partial charge in [0.1, 0.15) is 11.6 Å². The number of aromatic nitrogens is 3. The van der Waals surface area contributed by atoms with Crippen LogP contribution in [0.5, 0.6) is 0 Å². The van der Waals surface area contributed by atoms with Crippen molar-refractivity contribution >= 4 is 23.5 Å². The van der Waals surface area contributed by atoms with Crippen molar-refractivity contribution in [1.82, 2.24) is 15.0 Å². The summed E-state index contributed by atoms with van der Waals surface area (Å²) in [6.45, 7) is 0.537. The second-order valence-electron chi connectivity index (χ2n) is 7.47. The van der Waals surface area contributed by atoms with Crippen LogP contribution in [0.15, 0.2) is 72.8 Å². The second kappa shape index (κ2) is 10.3. The van der Waals surface area contributed by atoms with E-state index in [4.69, 9.17) is 0 Å². The molecular formula is C24H19F5N6. The van der Waals surface area contributed by atoms with E-state index in [1.165, 1.54) is 36.4 Å². The summed E-state index contributed by atoms with van der Waals surface area (Å²) in [5, 5.41) is 8.76. The molecule has 0 saturated carbocycles. The van der Waals surface area contributed by atoms with Crippen molar-refractivity contribution in [3.05, 3.63) is 101 Å². The summed E-state index contributed by atoms with van der Waals surface area (Å²) in [5.74, 6) is -0.453. The number of benzene rings is 3. The fourth-order valence-electron chi connectivity index (χ4n) is 3.06. The van der Waals surface area contributed by atoms with E-state index in [0.717, 1.165) is 23.3 Å². The molecule has 0 unspecified atom stereocenters. The molecule has 0 radical (unpaired) electrons. The summed E-state index contributed by atoms with van der Waals surface area (Å²) in [7, 11) is 0. The quantitative estimate of drug-likeness (QED) is 0.260. The van der Waals surface area contributed by atoms with Crippen molar-refractivity contribution in [3.8, 4) is 0 Å². The van der Waals surface area contributed by atoms with E-state index in [0.29, 0.717) is 0 Å². The zero-order valence-corrected chi connectivity index (χ0v) is 18.1. The first-order chi connectivity index (χ1) is 16.7. The highest BCUT2D eigenvalue weighted by molar-refractivity contribution is 5.57. The molecule has 1 heterocycles. The maximum Gasteiger partial charge on any atom is 0.416 e. The molecular weight excluding hydrogens is 467 g/mol. The van der Waals surface area contributed by atoms with Gasteiger partial charge in [-0.2, -0.15) is 28.1 Å². The van der Waals surface area contributed by atoms with Gasteiger partial charge in [0.2, 0.25) is 17.8 Å². The molecule has 0 bridgehead atoms. The fourth-order valence-corrected chi connectivity index (χ4v) is 3.06. The largest absolute Gasteiger partial charge is 0.416 e. The van der Waals surface area contributed by atoms with Gasteiger partial charge in [-0.25, -0.2) is 8.78 Å². The number of rotatable bonds is 8. The Bertz CT molecular complexity index is 1210. The lowest BCUT2D eigenvalue weighted by molar-refractivity contribution is -0.137. The van der Waals surface area contributed by atoms with Gasteiger partial charge in [-0.3, -0.25) is 0 Å². The molecule has 0 atom stereocenters. The first-order valence-corrected chi connectivity index (χ1v) is 10.4. The molecule has 0 aliphatic rings. The van der Waals surface area contributed by atoms with Crippen molar-refractivity contribution in [2.24, 2.45) is 0 Å². The van der Waals surface area contributed by atoms with Gasteiger partial charge in [0.25, 0.3) is 0 Å². The number of halogens is 5. The van der Waals surface area contributed by atoms with E-state index in [2.05, 4.69) is 30.9 Å². The van der Waals surface area contributed by atoms with E-state index >= 15 is 0 Å². The highest BCUT2D eigenvalue weighted by Gasteiger charge is 2.30. The molecule has 0 saturated heterocycles. The minimum atomic E-state index is -4.50. The number of nitrogens with zero attached hydrogens (tertiary/aromatic N) is 3. The summed E-state index contributed by atoms with van der Waals surface area (Å²) in [5.41, 5.74) is 0.848. The van der Waals surface area contributed by atoms with E-state index in [1.807, 2.05) is 0 Å². The van der Waals surface area contributed by atoms with Gasteiger partial charge in [0.05, 0.1) is 5.56 Å². The molecule has 0 spiro atoms. The molecule has 6 nitrogen and oxygen atoms in total. The highest BCUT2D eigenvalue weighted by Crippen LogP contribution is 2.31. The Morgan fingerprint density at radius 2 is 1.11 bits per heavy atom. The monoisotopic (exact) mass is 486 g/mol. The van der Waals surface area contributed by atoms with Crippen molar-refractivity contribution in [2.75, 3.05) is 16.0 Å². The summed E-state index contributed by atoms with van der Waals surface area (Å²) in [4.78, 5) is 12.7. The third-order valence-corrected chi connectivity index (χ3v) is 4.81. The molecule has 4 rings (SSSR count). The molecule has 0 aliphatic carbocycles. The molecule has 180 valence electrons. The minimum absolute atomic E-state index is 0.00235. The number of alkyl halides is 3. The molecule has 3 aromatic carbocycles. The Labute approximate surface area is 197 Å². The van der Waals surface area contributed by atoms with Crippen LogP contribution >= 0.6 is 0 Å². The standard InChI is InChI=1S/C24H19F5N6/c25-18-8-4-15(5-9-18)13-30-21-33-22(31-14-16-6-10-19(26)11-7-16)35-23(34-21)32-20-3-1-2-17(12-20)24(27,28)29/h1-12H,13-14H2,(H3,30,31,32,33,34,35). The first kappa shape index (κ1) is 23.9. The number of anilines is 4. The average molecular weight is 486 g/mol. The van der Waals surface area contributed by atoms with Crippen LogP contribution in [0.2, 0.25) is 0 Å². The topological polar surface area (TPSA) is 74.8 Å². The Balaban J connectivity index is 1.56. The fraction of sp³-hybridized carbons (Fsp3) is 0.125. The predicted molar refractivity (Wildman–Crippen MR) is 122 cm³/mol. The average Bonchev–Trinajstić information content (AvgIpc) is 2.83. The van der Waals surface area contributed by atoms with Crippen LogP contribution in [0.3, 0.4) is 0 Å². The normalized spacial score (nSPS) is 11.2. The van der Waals surface area contributed by atoms with Crippen LogP contribution in [0.25, 0.3) is 0 Å². The Morgan fingerprint density at radius 1 is 0.629 bits per heavy atom. The van der Waals surface area contributed by atoms with Crippen LogP contribution in [-0.4, -0.2) is 15.0 Å². The van der Waals surface area contributed by atoms with E-state index in [9.17, 15) is 22.0 Å². The smallest absolute Gasteiger partial charge is 0.350 e. The highest BCUT2D eigenvalue weighted by atomic mass is 19.4. The maximum atomic E-state index is 13.2. The number of nitrogens with one attached hydrogen (secondary N) is 3. The summed E-state index contributed by atoms with van der Waals surface area (Å²) in [6, 6.07) is 16.3. The van der Waals surface area contributed by atoms with Gasteiger partial charge in [0, 0.05) is 18.8 Å². The second-order valence-corrected chi connectivity index (χ2v) is 7.47.